The van der Waals surface area contributed by atoms with Gasteiger partial charge < -0.3 is 10.6 Å². The summed E-state index contributed by atoms with van der Waals surface area (Å²) >= 11 is 7.33. The van der Waals surface area contributed by atoms with Gasteiger partial charge in [0.2, 0.25) is 5.91 Å². The van der Waals surface area contributed by atoms with E-state index in [4.69, 9.17) is 11.6 Å². The average molecular weight is 422 g/mol. The van der Waals surface area contributed by atoms with E-state index >= 15 is 0 Å². The van der Waals surface area contributed by atoms with Crippen molar-refractivity contribution >= 4 is 46.6 Å². The van der Waals surface area contributed by atoms with Crippen molar-refractivity contribution in [2.45, 2.75) is 19.4 Å². The van der Waals surface area contributed by atoms with Crippen LogP contribution >= 0.6 is 23.4 Å². The molecule has 0 aliphatic heterocycles. The second-order valence-corrected chi connectivity index (χ2v) is 7.48. The number of hydrogen-bond donors (Lipinski definition) is 2. The van der Waals surface area contributed by atoms with Crippen LogP contribution in [0, 0.1) is 17.0 Å². The smallest absolute Gasteiger partial charge is 0.288 e. The Hall–Kier alpha value is -2.58. The molecule has 1 atom stereocenters. The van der Waals surface area contributed by atoms with Crippen LogP contribution in [-0.2, 0) is 4.79 Å². The zero-order valence-electron chi connectivity index (χ0n) is 15.4. The molecule has 2 aromatic rings. The number of thioether (sulfide) groups is 1. The molecule has 2 amide bonds. The van der Waals surface area contributed by atoms with Crippen LogP contribution in [0.5, 0.6) is 0 Å². The van der Waals surface area contributed by atoms with Gasteiger partial charge >= 0.3 is 0 Å². The Labute approximate surface area is 172 Å². The summed E-state index contributed by atoms with van der Waals surface area (Å²) in [4.78, 5) is 35.5. The van der Waals surface area contributed by atoms with E-state index < -0.39 is 16.9 Å². The summed E-state index contributed by atoms with van der Waals surface area (Å²) in [5.74, 6) is -0.271. The van der Waals surface area contributed by atoms with E-state index in [0.29, 0.717) is 17.9 Å². The molecule has 0 fully saturated rings. The van der Waals surface area contributed by atoms with Crippen molar-refractivity contribution in [2.75, 3.05) is 17.3 Å². The minimum absolute atomic E-state index is 0.0578. The topological polar surface area (TPSA) is 101 Å². The maximum Gasteiger partial charge on any atom is 0.288 e. The number of amides is 2. The molecule has 2 N–H and O–H groups in total. The molecule has 0 bridgehead atoms. The number of anilines is 1. The first-order chi connectivity index (χ1) is 13.3. The minimum Gasteiger partial charge on any atom is -0.340 e. The molecule has 0 saturated heterocycles. The normalized spacial score (nSPS) is 11.5. The number of nitro benzene ring substituents is 1. The zero-order valence-corrected chi connectivity index (χ0v) is 17.0. The summed E-state index contributed by atoms with van der Waals surface area (Å²) < 4.78 is 0. The van der Waals surface area contributed by atoms with Gasteiger partial charge in [-0.2, -0.15) is 11.8 Å². The van der Waals surface area contributed by atoms with E-state index in [0.717, 1.165) is 11.6 Å². The predicted molar refractivity (Wildman–Crippen MR) is 112 cm³/mol. The van der Waals surface area contributed by atoms with Gasteiger partial charge in [0.05, 0.1) is 4.92 Å². The maximum absolute atomic E-state index is 12.6. The third-order valence-electron chi connectivity index (χ3n) is 3.96. The van der Waals surface area contributed by atoms with Gasteiger partial charge in [0.1, 0.15) is 11.1 Å². The Morgan fingerprint density at radius 2 is 1.89 bits per heavy atom. The number of rotatable bonds is 8. The molecule has 0 aliphatic rings. The molecule has 0 spiro atoms. The van der Waals surface area contributed by atoms with E-state index in [1.165, 1.54) is 12.1 Å². The highest BCUT2D eigenvalue weighted by atomic mass is 35.5. The van der Waals surface area contributed by atoms with Crippen molar-refractivity contribution in [3.8, 4) is 0 Å². The summed E-state index contributed by atoms with van der Waals surface area (Å²) in [5, 5.41) is 16.4. The molecule has 148 valence electrons. The lowest BCUT2D eigenvalue weighted by atomic mass is 10.1. The van der Waals surface area contributed by atoms with Gasteiger partial charge in [-0.1, -0.05) is 29.3 Å². The highest BCUT2D eigenvalue weighted by Gasteiger charge is 2.23. The van der Waals surface area contributed by atoms with Gasteiger partial charge in [-0.25, -0.2) is 0 Å². The molecule has 0 aliphatic carbocycles. The first-order valence-electron chi connectivity index (χ1n) is 8.43. The van der Waals surface area contributed by atoms with E-state index in [2.05, 4.69) is 10.6 Å². The molecule has 7 nitrogen and oxygen atoms in total. The summed E-state index contributed by atoms with van der Waals surface area (Å²) in [6.07, 6.45) is 2.32. The van der Waals surface area contributed by atoms with Crippen molar-refractivity contribution in [3.63, 3.8) is 0 Å². The molecule has 28 heavy (non-hydrogen) atoms. The Morgan fingerprint density at radius 3 is 2.50 bits per heavy atom. The van der Waals surface area contributed by atoms with Gasteiger partial charge in [0.25, 0.3) is 11.6 Å². The Bertz CT molecular complexity index is 874. The second kappa shape index (κ2) is 10.1. The number of hydrogen-bond acceptors (Lipinski definition) is 5. The zero-order chi connectivity index (χ0) is 20.7. The van der Waals surface area contributed by atoms with Crippen molar-refractivity contribution < 1.29 is 14.5 Å². The van der Waals surface area contributed by atoms with Gasteiger partial charge in [-0.3, -0.25) is 19.7 Å². The first kappa shape index (κ1) is 21.7. The Balaban J connectivity index is 2.15. The fourth-order valence-electron chi connectivity index (χ4n) is 2.41. The Kier molecular flexibility index (Phi) is 7.83. The van der Waals surface area contributed by atoms with E-state index in [9.17, 15) is 19.7 Å². The van der Waals surface area contributed by atoms with E-state index in [1.807, 2.05) is 25.3 Å². The highest BCUT2D eigenvalue weighted by molar-refractivity contribution is 7.98. The number of nitrogens with zero attached hydrogens (tertiary/aromatic N) is 1. The highest BCUT2D eigenvalue weighted by Crippen LogP contribution is 2.25. The largest absolute Gasteiger partial charge is 0.340 e. The number of carbonyl (C=O) groups is 2. The van der Waals surface area contributed by atoms with Gasteiger partial charge in [-0.05, 0) is 49.6 Å². The van der Waals surface area contributed by atoms with Crippen LogP contribution in [0.3, 0.4) is 0 Å². The minimum atomic E-state index is -0.781. The third-order valence-corrected chi connectivity index (χ3v) is 4.92. The van der Waals surface area contributed by atoms with Crippen LogP contribution < -0.4 is 10.6 Å². The summed E-state index contributed by atoms with van der Waals surface area (Å²) in [6, 6.07) is 10.3. The van der Waals surface area contributed by atoms with Gasteiger partial charge in [-0.15, -0.1) is 0 Å². The summed E-state index contributed by atoms with van der Waals surface area (Å²) in [6.45, 7) is 1.94. The Morgan fingerprint density at radius 1 is 1.21 bits per heavy atom. The van der Waals surface area contributed by atoms with Crippen molar-refractivity contribution in [3.05, 3.63) is 68.7 Å². The lowest BCUT2D eigenvalue weighted by molar-refractivity contribution is -0.384. The van der Waals surface area contributed by atoms with Crippen molar-refractivity contribution in [1.29, 1.82) is 0 Å². The fraction of sp³-hybridized carbons (Fsp3) is 0.263. The number of carbonyl (C=O) groups excluding carboxylic acids is 2. The second-order valence-electron chi connectivity index (χ2n) is 6.09. The van der Waals surface area contributed by atoms with Gasteiger partial charge in [0, 0.05) is 17.3 Å². The van der Waals surface area contributed by atoms with Crippen LogP contribution in [-0.4, -0.2) is 34.8 Å². The SMILES string of the molecule is CSCCC(NC(=O)c1ccc(Cl)c([N+](=O)[O-])c1)C(=O)Nc1ccc(C)cc1. The molecule has 2 rings (SSSR count). The van der Waals surface area contributed by atoms with Crippen molar-refractivity contribution in [2.24, 2.45) is 0 Å². The quantitative estimate of drug-likeness (QED) is 0.494. The van der Waals surface area contributed by atoms with Crippen LogP contribution in [0.15, 0.2) is 42.5 Å². The van der Waals surface area contributed by atoms with E-state index in [-0.39, 0.29) is 22.2 Å². The fourth-order valence-corrected chi connectivity index (χ4v) is 3.06. The number of nitrogens with one attached hydrogen (secondary N) is 2. The number of benzene rings is 2. The molecule has 9 heteroatoms. The lowest BCUT2D eigenvalue weighted by Gasteiger charge is -2.18. The molecule has 0 aromatic heterocycles. The van der Waals surface area contributed by atoms with Crippen LogP contribution in [0.25, 0.3) is 0 Å². The predicted octanol–water partition coefficient (Wildman–Crippen LogP) is 4.05. The molecule has 0 radical (unpaired) electrons. The average Bonchev–Trinajstić information content (AvgIpc) is 2.66. The van der Waals surface area contributed by atoms with Crippen LogP contribution in [0.4, 0.5) is 11.4 Å². The van der Waals surface area contributed by atoms with Crippen molar-refractivity contribution in [1.82, 2.24) is 5.32 Å². The lowest BCUT2D eigenvalue weighted by Crippen LogP contribution is -2.44. The van der Waals surface area contributed by atoms with Crippen LogP contribution in [0.1, 0.15) is 22.3 Å². The summed E-state index contributed by atoms with van der Waals surface area (Å²) in [5.41, 5.74) is 1.39. The van der Waals surface area contributed by atoms with E-state index in [1.54, 1.807) is 23.9 Å². The number of halogens is 1. The maximum atomic E-state index is 12.6. The summed E-state index contributed by atoms with van der Waals surface area (Å²) in [7, 11) is 0. The molecule has 0 heterocycles. The molecule has 2 aromatic carbocycles. The molecule has 0 saturated carbocycles. The number of aryl methyl sites for hydroxylation is 1. The monoisotopic (exact) mass is 421 g/mol. The molecular formula is C19H20ClN3O4S. The number of nitro groups is 1. The van der Waals surface area contributed by atoms with Crippen LogP contribution in [0.2, 0.25) is 5.02 Å². The first-order valence-corrected chi connectivity index (χ1v) is 10.2. The molecule has 1 unspecified atom stereocenters. The molecular weight excluding hydrogens is 402 g/mol. The third kappa shape index (κ3) is 5.97. The van der Waals surface area contributed by atoms with Gasteiger partial charge in [0.15, 0.2) is 0 Å². The standard InChI is InChI=1S/C19H20ClN3O4S/c1-12-3-6-14(7-4-12)21-19(25)16(9-10-28-2)22-18(24)13-5-8-15(20)17(11-13)23(26)27/h3-8,11,16H,9-10H2,1-2H3,(H,21,25)(H,22,24).